The maximum atomic E-state index is 8.76. The summed E-state index contributed by atoms with van der Waals surface area (Å²) in [4.78, 5) is 0. The molecule has 0 aromatic carbocycles. The molecule has 102 valence electrons. The predicted molar refractivity (Wildman–Crippen MR) is 69.1 cm³/mol. The van der Waals surface area contributed by atoms with Gasteiger partial charge in [-0.25, -0.2) is 0 Å². The fraction of sp³-hybridized carbons (Fsp3) is 0.867. The highest BCUT2D eigenvalue weighted by Gasteiger charge is 2.50. The summed E-state index contributed by atoms with van der Waals surface area (Å²) in [7, 11) is 0. The second-order valence-corrected chi connectivity index (χ2v) is 6.00. The van der Waals surface area contributed by atoms with Crippen molar-refractivity contribution in [2.24, 2.45) is 11.8 Å². The first-order chi connectivity index (χ1) is 8.81. The molecule has 3 nitrogen and oxygen atoms in total. The molecule has 1 saturated heterocycles. The summed E-state index contributed by atoms with van der Waals surface area (Å²) in [6.07, 6.45) is 10.4. The maximum absolute atomic E-state index is 8.76. The van der Waals surface area contributed by atoms with Crippen LogP contribution in [0.3, 0.4) is 0 Å². The van der Waals surface area contributed by atoms with E-state index in [2.05, 4.69) is 6.08 Å². The number of hydrogen-bond donors (Lipinski definition) is 1. The molecule has 0 unspecified atom stereocenters. The third kappa shape index (κ3) is 2.49. The number of rotatable bonds is 5. The van der Waals surface area contributed by atoms with Gasteiger partial charge in [0.2, 0.25) is 0 Å². The standard InChI is InChI=1S/C15H24O3/c16-5-3-1-2-4-12-8-13-10-15(11-14(13)9-12)17-6-7-18-15/h8,13-14,16H,1-7,9-11H2/t13-,14+/m1/s1. The quantitative estimate of drug-likeness (QED) is 0.604. The molecule has 1 N–H and O–H groups in total. The van der Waals surface area contributed by atoms with E-state index in [0.717, 1.165) is 44.8 Å². The Kier molecular flexibility index (Phi) is 3.73. The van der Waals surface area contributed by atoms with Crippen molar-refractivity contribution in [1.29, 1.82) is 0 Å². The minimum Gasteiger partial charge on any atom is -0.396 e. The third-order valence-electron chi connectivity index (χ3n) is 4.67. The van der Waals surface area contributed by atoms with Crippen molar-refractivity contribution in [1.82, 2.24) is 0 Å². The van der Waals surface area contributed by atoms with Crippen molar-refractivity contribution < 1.29 is 14.6 Å². The average molecular weight is 252 g/mol. The van der Waals surface area contributed by atoms with E-state index in [1.165, 1.54) is 19.3 Å². The predicted octanol–water partition coefficient (Wildman–Crippen LogP) is 2.64. The van der Waals surface area contributed by atoms with Crippen molar-refractivity contribution >= 4 is 0 Å². The van der Waals surface area contributed by atoms with Crippen LogP contribution in [-0.2, 0) is 9.47 Å². The molecular weight excluding hydrogens is 228 g/mol. The lowest BCUT2D eigenvalue weighted by Crippen LogP contribution is -2.26. The molecule has 1 saturated carbocycles. The van der Waals surface area contributed by atoms with Gasteiger partial charge in [0.15, 0.2) is 5.79 Å². The zero-order chi connectivity index (χ0) is 12.4. The fourth-order valence-corrected chi connectivity index (χ4v) is 3.84. The lowest BCUT2D eigenvalue weighted by molar-refractivity contribution is -0.153. The van der Waals surface area contributed by atoms with Crippen LogP contribution >= 0.6 is 0 Å². The molecule has 0 aromatic heterocycles. The van der Waals surface area contributed by atoms with Crippen molar-refractivity contribution in [2.45, 2.75) is 50.7 Å². The first kappa shape index (κ1) is 12.6. The van der Waals surface area contributed by atoms with Crippen LogP contribution < -0.4 is 0 Å². The number of aliphatic hydroxyl groups is 1. The van der Waals surface area contributed by atoms with Crippen LogP contribution in [0.25, 0.3) is 0 Å². The monoisotopic (exact) mass is 252 g/mol. The van der Waals surface area contributed by atoms with Gasteiger partial charge in [0.25, 0.3) is 0 Å². The maximum Gasteiger partial charge on any atom is 0.169 e. The van der Waals surface area contributed by atoms with Gasteiger partial charge in [-0.05, 0) is 37.5 Å². The van der Waals surface area contributed by atoms with E-state index >= 15 is 0 Å². The fourth-order valence-electron chi connectivity index (χ4n) is 3.84. The molecule has 1 heterocycles. The average Bonchev–Trinajstić information content (AvgIpc) is 3.01. The molecule has 0 amide bonds. The molecule has 1 aliphatic heterocycles. The van der Waals surface area contributed by atoms with Gasteiger partial charge in [0.1, 0.15) is 0 Å². The third-order valence-corrected chi connectivity index (χ3v) is 4.67. The van der Waals surface area contributed by atoms with Crippen molar-refractivity contribution in [3.63, 3.8) is 0 Å². The van der Waals surface area contributed by atoms with Crippen LogP contribution in [0.4, 0.5) is 0 Å². The molecule has 18 heavy (non-hydrogen) atoms. The molecule has 3 rings (SSSR count). The first-order valence-corrected chi connectivity index (χ1v) is 7.40. The first-order valence-electron chi connectivity index (χ1n) is 7.40. The Morgan fingerprint density at radius 1 is 1.17 bits per heavy atom. The summed E-state index contributed by atoms with van der Waals surface area (Å²) in [6, 6.07) is 0. The van der Waals surface area contributed by atoms with Crippen molar-refractivity contribution in [3.05, 3.63) is 11.6 Å². The second kappa shape index (κ2) is 5.32. The topological polar surface area (TPSA) is 38.7 Å². The van der Waals surface area contributed by atoms with Crippen LogP contribution in [0.15, 0.2) is 11.6 Å². The van der Waals surface area contributed by atoms with Gasteiger partial charge in [-0.2, -0.15) is 0 Å². The van der Waals surface area contributed by atoms with E-state index in [-0.39, 0.29) is 5.79 Å². The largest absolute Gasteiger partial charge is 0.396 e. The minimum atomic E-state index is -0.214. The zero-order valence-corrected chi connectivity index (χ0v) is 11.1. The molecular formula is C15H24O3. The van der Waals surface area contributed by atoms with Gasteiger partial charge in [-0.15, -0.1) is 0 Å². The Morgan fingerprint density at radius 2 is 2.00 bits per heavy atom. The van der Waals surface area contributed by atoms with Crippen molar-refractivity contribution in [3.8, 4) is 0 Å². The summed E-state index contributed by atoms with van der Waals surface area (Å²) in [5.74, 6) is 1.24. The van der Waals surface area contributed by atoms with Crippen LogP contribution in [0.1, 0.15) is 44.9 Å². The number of ether oxygens (including phenoxy) is 2. The highest BCUT2D eigenvalue weighted by Crippen LogP contribution is 2.51. The number of hydrogen-bond acceptors (Lipinski definition) is 3. The molecule has 0 aromatic rings. The lowest BCUT2D eigenvalue weighted by Gasteiger charge is -2.22. The summed E-state index contributed by atoms with van der Waals surface area (Å²) in [5.41, 5.74) is 1.63. The van der Waals surface area contributed by atoms with Crippen LogP contribution in [0.2, 0.25) is 0 Å². The van der Waals surface area contributed by atoms with Crippen LogP contribution in [0.5, 0.6) is 0 Å². The van der Waals surface area contributed by atoms with Gasteiger partial charge in [0.05, 0.1) is 13.2 Å². The Hall–Kier alpha value is -0.380. The summed E-state index contributed by atoms with van der Waals surface area (Å²) in [6.45, 7) is 1.88. The highest BCUT2D eigenvalue weighted by molar-refractivity contribution is 5.18. The number of aliphatic hydroxyl groups excluding tert-OH is 1. The molecule has 2 fully saturated rings. The molecule has 1 spiro atoms. The zero-order valence-electron chi connectivity index (χ0n) is 11.1. The normalized spacial score (nSPS) is 33.1. The number of unbranched alkanes of at least 4 members (excludes halogenated alkanes) is 2. The summed E-state index contributed by atoms with van der Waals surface area (Å²) < 4.78 is 11.6. The SMILES string of the molecule is OCCCCCC1=C[C@@H]2CC3(C[C@@H]2C1)OCCO3. The Bertz CT molecular complexity index is 318. The van der Waals surface area contributed by atoms with Crippen LogP contribution in [-0.4, -0.2) is 30.7 Å². The van der Waals surface area contributed by atoms with E-state index in [4.69, 9.17) is 14.6 Å². The van der Waals surface area contributed by atoms with Gasteiger partial charge < -0.3 is 14.6 Å². The summed E-state index contributed by atoms with van der Waals surface area (Å²) >= 11 is 0. The van der Waals surface area contributed by atoms with Gasteiger partial charge in [0, 0.05) is 19.4 Å². The minimum absolute atomic E-state index is 0.214. The molecule has 2 atom stereocenters. The molecule has 3 aliphatic rings. The van der Waals surface area contributed by atoms with E-state index in [1.54, 1.807) is 5.57 Å². The second-order valence-electron chi connectivity index (χ2n) is 6.00. The smallest absolute Gasteiger partial charge is 0.169 e. The van der Waals surface area contributed by atoms with E-state index in [1.807, 2.05) is 0 Å². The Labute approximate surface area is 109 Å². The van der Waals surface area contributed by atoms with E-state index in [0.29, 0.717) is 12.5 Å². The Balaban J connectivity index is 1.48. The van der Waals surface area contributed by atoms with Gasteiger partial charge >= 0.3 is 0 Å². The van der Waals surface area contributed by atoms with E-state index < -0.39 is 0 Å². The number of allylic oxidation sites excluding steroid dienone is 2. The van der Waals surface area contributed by atoms with Crippen LogP contribution in [0, 0.1) is 11.8 Å². The molecule has 0 bridgehead atoms. The van der Waals surface area contributed by atoms with E-state index in [9.17, 15) is 0 Å². The highest BCUT2D eigenvalue weighted by atomic mass is 16.7. The molecule has 0 radical (unpaired) electrons. The molecule has 3 heteroatoms. The van der Waals surface area contributed by atoms with Gasteiger partial charge in [-0.1, -0.05) is 18.1 Å². The Morgan fingerprint density at radius 3 is 2.72 bits per heavy atom. The van der Waals surface area contributed by atoms with Crippen molar-refractivity contribution in [2.75, 3.05) is 19.8 Å². The number of fused-ring (bicyclic) bond motifs is 1. The lowest BCUT2D eigenvalue weighted by atomic mass is 9.98. The summed E-state index contributed by atoms with van der Waals surface area (Å²) in [5, 5.41) is 8.76. The molecule has 2 aliphatic carbocycles. The van der Waals surface area contributed by atoms with Gasteiger partial charge in [-0.3, -0.25) is 0 Å².